The minimum absolute atomic E-state index is 0. The first-order chi connectivity index (χ1) is 7.79. The van der Waals surface area contributed by atoms with E-state index in [9.17, 15) is 0 Å². The molecule has 3 heteroatoms. The molecule has 0 aromatic heterocycles. The largest absolute Gasteiger partial charge is 0.380 e. The van der Waals surface area contributed by atoms with Gasteiger partial charge < -0.3 is 4.74 Å². The third-order valence-electron chi connectivity index (χ3n) is 3.53. The third kappa shape index (κ3) is 3.98. The SMILES string of the molecule is COC1CN(Cc2ccccc2)CCC1C.Cl. The second kappa shape index (κ2) is 7.00. The maximum atomic E-state index is 5.53. The van der Waals surface area contributed by atoms with Crippen molar-refractivity contribution in [2.75, 3.05) is 20.2 Å². The molecule has 1 saturated heterocycles. The minimum Gasteiger partial charge on any atom is -0.380 e. The van der Waals surface area contributed by atoms with Crippen molar-refractivity contribution in [2.45, 2.75) is 26.0 Å². The van der Waals surface area contributed by atoms with E-state index in [1.165, 1.54) is 18.5 Å². The summed E-state index contributed by atoms with van der Waals surface area (Å²) in [7, 11) is 1.83. The molecule has 2 unspecified atom stereocenters. The summed E-state index contributed by atoms with van der Waals surface area (Å²) in [6, 6.07) is 10.7. The Morgan fingerprint density at radius 1 is 1.29 bits per heavy atom. The Balaban J connectivity index is 0.00000144. The lowest BCUT2D eigenvalue weighted by Gasteiger charge is -2.36. The standard InChI is InChI=1S/C14H21NO.ClH/c1-12-8-9-15(11-14(12)16-2)10-13-6-4-3-5-7-13;/h3-7,12,14H,8-11H2,1-2H3;1H. The van der Waals surface area contributed by atoms with Crippen LogP contribution in [0.1, 0.15) is 18.9 Å². The molecule has 1 heterocycles. The lowest BCUT2D eigenvalue weighted by Crippen LogP contribution is -2.43. The number of piperidine rings is 1. The Morgan fingerprint density at radius 3 is 2.65 bits per heavy atom. The van der Waals surface area contributed by atoms with E-state index in [2.05, 4.69) is 42.2 Å². The van der Waals surface area contributed by atoms with Crippen molar-refractivity contribution < 1.29 is 4.74 Å². The summed E-state index contributed by atoms with van der Waals surface area (Å²) in [4.78, 5) is 2.49. The summed E-state index contributed by atoms with van der Waals surface area (Å²) < 4.78 is 5.53. The molecule has 1 aromatic carbocycles. The Bertz CT molecular complexity index is 317. The molecule has 1 aromatic rings. The van der Waals surface area contributed by atoms with Crippen molar-refractivity contribution in [2.24, 2.45) is 5.92 Å². The second-order valence-electron chi connectivity index (χ2n) is 4.76. The van der Waals surface area contributed by atoms with Gasteiger partial charge in [0.05, 0.1) is 6.10 Å². The Morgan fingerprint density at radius 2 is 2.00 bits per heavy atom. The van der Waals surface area contributed by atoms with Gasteiger partial charge in [-0.1, -0.05) is 37.3 Å². The first-order valence-corrected chi connectivity index (χ1v) is 6.08. The van der Waals surface area contributed by atoms with Crippen molar-refractivity contribution in [3.63, 3.8) is 0 Å². The second-order valence-corrected chi connectivity index (χ2v) is 4.76. The van der Waals surface area contributed by atoms with Gasteiger partial charge in [0.15, 0.2) is 0 Å². The summed E-state index contributed by atoms with van der Waals surface area (Å²) in [6.45, 7) is 5.59. The highest BCUT2D eigenvalue weighted by molar-refractivity contribution is 5.85. The van der Waals surface area contributed by atoms with Gasteiger partial charge in [0.25, 0.3) is 0 Å². The van der Waals surface area contributed by atoms with Gasteiger partial charge in [0.1, 0.15) is 0 Å². The van der Waals surface area contributed by atoms with Crippen molar-refractivity contribution >= 4 is 12.4 Å². The lowest BCUT2D eigenvalue weighted by molar-refractivity contribution is -0.00744. The number of hydrogen-bond acceptors (Lipinski definition) is 2. The monoisotopic (exact) mass is 255 g/mol. The van der Waals surface area contributed by atoms with Crippen molar-refractivity contribution in [1.82, 2.24) is 4.90 Å². The quantitative estimate of drug-likeness (QED) is 0.824. The highest BCUT2D eigenvalue weighted by Crippen LogP contribution is 2.20. The number of methoxy groups -OCH3 is 1. The van der Waals surface area contributed by atoms with Crippen LogP contribution in [0.5, 0.6) is 0 Å². The van der Waals surface area contributed by atoms with Crippen LogP contribution in [0.4, 0.5) is 0 Å². The van der Waals surface area contributed by atoms with Crippen molar-refractivity contribution in [3.05, 3.63) is 35.9 Å². The molecule has 0 radical (unpaired) electrons. The van der Waals surface area contributed by atoms with Gasteiger partial charge in [-0.25, -0.2) is 0 Å². The van der Waals surface area contributed by atoms with Gasteiger partial charge in [-0.15, -0.1) is 12.4 Å². The van der Waals surface area contributed by atoms with E-state index in [0.29, 0.717) is 12.0 Å². The first-order valence-electron chi connectivity index (χ1n) is 6.08. The lowest BCUT2D eigenvalue weighted by atomic mass is 9.95. The van der Waals surface area contributed by atoms with Crippen LogP contribution in [-0.4, -0.2) is 31.2 Å². The van der Waals surface area contributed by atoms with Gasteiger partial charge in [-0.3, -0.25) is 4.90 Å². The summed E-state index contributed by atoms with van der Waals surface area (Å²) in [5.74, 6) is 0.692. The zero-order chi connectivity index (χ0) is 11.4. The third-order valence-corrected chi connectivity index (χ3v) is 3.53. The molecule has 1 fully saturated rings. The molecule has 0 amide bonds. The Kier molecular flexibility index (Phi) is 5.96. The maximum Gasteiger partial charge on any atom is 0.0724 e. The summed E-state index contributed by atoms with van der Waals surface area (Å²) in [6.07, 6.45) is 1.64. The molecule has 0 spiro atoms. The number of likely N-dealkylation sites (tertiary alicyclic amines) is 1. The molecule has 0 bridgehead atoms. The molecular formula is C14H22ClNO. The number of benzene rings is 1. The molecule has 17 heavy (non-hydrogen) atoms. The predicted octanol–water partition coefficient (Wildman–Crippen LogP) is 2.97. The summed E-state index contributed by atoms with van der Waals surface area (Å²) in [5, 5.41) is 0. The van der Waals surface area contributed by atoms with Gasteiger partial charge in [0, 0.05) is 20.2 Å². The number of rotatable bonds is 3. The molecular weight excluding hydrogens is 234 g/mol. The molecule has 1 aliphatic heterocycles. The zero-order valence-corrected chi connectivity index (χ0v) is 11.5. The van der Waals surface area contributed by atoms with Crippen LogP contribution < -0.4 is 0 Å². The molecule has 1 aliphatic rings. The Hall–Kier alpha value is -0.570. The van der Waals surface area contributed by atoms with Crippen molar-refractivity contribution in [1.29, 1.82) is 0 Å². The average molecular weight is 256 g/mol. The van der Waals surface area contributed by atoms with E-state index >= 15 is 0 Å². The molecule has 0 saturated carbocycles. The molecule has 96 valence electrons. The molecule has 0 N–H and O–H groups in total. The predicted molar refractivity (Wildman–Crippen MR) is 73.5 cm³/mol. The fourth-order valence-corrected chi connectivity index (χ4v) is 2.39. The van der Waals surface area contributed by atoms with Gasteiger partial charge in [-0.2, -0.15) is 0 Å². The van der Waals surface area contributed by atoms with E-state index in [1.54, 1.807) is 0 Å². The fraction of sp³-hybridized carbons (Fsp3) is 0.571. The summed E-state index contributed by atoms with van der Waals surface area (Å²) in [5.41, 5.74) is 1.40. The van der Waals surface area contributed by atoms with Crippen LogP contribution in [0.25, 0.3) is 0 Å². The zero-order valence-electron chi connectivity index (χ0n) is 10.6. The number of nitrogens with zero attached hydrogens (tertiary/aromatic N) is 1. The van der Waals surface area contributed by atoms with Crippen LogP contribution in [0.2, 0.25) is 0 Å². The smallest absolute Gasteiger partial charge is 0.0724 e. The molecule has 2 rings (SSSR count). The normalized spacial score (nSPS) is 25.3. The van der Waals surface area contributed by atoms with Crippen molar-refractivity contribution in [3.8, 4) is 0 Å². The topological polar surface area (TPSA) is 12.5 Å². The van der Waals surface area contributed by atoms with Crippen LogP contribution >= 0.6 is 12.4 Å². The molecule has 2 atom stereocenters. The maximum absolute atomic E-state index is 5.53. The Labute approximate surface area is 110 Å². The van der Waals surface area contributed by atoms with Gasteiger partial charge in [-0.05, 0) is 24.4 Å². The van der Waals surface area contributed by atoms with E-state index in [4.69, 9.17) is 4.74 Å². The van der Waals surface area contributed by atoms with Crippen LogP contribution in [-0.2, 0) is 11.3 Å². The minimum atomic E-state index is 0. The van der Waals surface area contributed by atoms with Crippen LogP contribution in [0.3, 0.4) is 0 Å². The van der Waals surface area contributed by atoms with E-state index in [-0.39, 0.29) is 12.4 Å². The highest BCUT2D eigenvalue weighted by Gasteiger charge is 2.25. The fourth-order valence-electron chi connectivity index (χ4n) is 2.39. The van der Waals surface area contributed by atoms with E-state index in [0.717, 1.165) is 13.1 Å². The van der Waals surface area contributed by atoms with Crippen LogP contribution in [0.15, 0.2) is 30.3 Å². The highest BCUT2D eigenvalue weighted by atomic mass is 35.5. The first kappa shape index (κ1) is 14.5. The van der Waals surface area contributed by atoms with Crippen LogP contribution in [0, 0.1) is 5.92 Å². The molecule has 0 aliphatic carbocycles. The number of halogens is 1. The van der Waals surface area contributed by atoms with E-state index < -0.39 is 0 Å². The number of ether oxygens (including phenoxy) is 1. The number of hydrogen-bond donors (Lipinski definition) is 0. The van der Waals surface area contributed by atoms with E-state index in [1.807, 2.05) is 7.11 Å². The molecule has 2 nitrogen and oxygen atoms in total. The average Bonchev–Trinajstić information content (AvgIpc) is 2.33. The van der Waals surface area contributed by atoms with Gasteiger partial charge >= 0.3 is 0 Å². The van der Waals surface area contributed by atoms with Gasteiger partial charge in [0.2, 0.25) is 0 Å². The summed E-state index contributed by atoms with van der Waals surface area (Å²) >= 11 is 0.